The van der Waals surface area contributed by atoms with Crippen LogP contribution in [0.5, 0.6) is 0 Å². The van der Waals surface area contributed by atoms with Crippen LogP contribution in [0.25, 0.3) is 10.8 Å². The molecule has 2 aromatic rings. The molecule has 8 heteroatoms. The maximum Gasteiger partial charge on any atom is 0.514 e. The van der Waals surface area contributed by atoms with Crippen LogP contribution in [-0.2, 0) is 19.3 Å². The summed E-state index contributed by atoms with van der Waals surface area (Å²) >= 11 is 0. The Morgan fingerprint density at radius 2 is 1.67 bits per heavy atom. The summed E-state index contributed by atoms with van der Waals surface area (Å²) in [6.45, 7) is 7.99. The molecule has 1 saturated heterocycles. The summed E-state index contributed by atoms with van der Waals surface area (Å²) in [5, 5.41) is 1.78. The predicted octanol–water partition coefficient (Wildman–Crippen LogP) is 1.91. The van der Waals surface area contributed by atoms with E-state index in [-0.39, 0.29) is 0 Å². The van der Waals surface area contributed by atoms with Gasteiger partial charge in [-0.2, -0.15) is 0 Å². The highest BCUT2D eigenvalue weighted by molar-refractivity contribution is 7.92. The highest BCUT2D eigenvalue weighted by Gasteiger charge is 2.52. The van der Waals surface area contributed by atoms with Crippen molar-refractivity contribution in [3.63, 3.8) is 0 Å². The van der Waals surface area contributed by atoms with Gasteiger partial charge < -0.3 is 9.31 Å². The van der Waals surface area contributed by atoms with Gasteiger partial charge in [-0.15, -0.1) is 0 Å². The number of benzene rings is 1. The van der Waals surface area contributed by atoms with Gasteiger partial charge in [-0.1, -0.05) is 6.07 Å². The van der Waals surface area contributed by atoms with E-state index in [4.69, 9.17) is 9.31 Å². The van der Waals surface area contributed by atoms with Crippen LogP contribution in [0.3, 0.4) is 0 Å². The van der Waals surface area contributed by atoms with Gasteiger partial charge in [-0.3, -0.25) is 9.71 Å². The van der Waals surface area contributed by atoms with Crippen LogP contribution in [0.15, 0.2) is 30.5 Å². The molecule has 1 aliphatic rings. The third kappa shape index (κ3) is 3.26. The van der Waals surface area contributed by atoms with Gasteiger partial charge in [-0.05, 0) is 51.3 Å². The fourth-order valence-corrected chi connectivity index (χ4v) is 3.08. The van der Waals surface area contributed by atoms with Crippen LogP contribution < -0.4 is 10.3 Å². The largest absolute Gasteiger partial charge is 0.514 e. The van der Waals surface area contributed by atoms with Gasteiger partial charge in [0.25, 0.3) is 0 Å². The van der Waals surface area contributed by atoms with Crippen LogP contribution >= 0.6 is 0 Å². The maximum atomic E-state index is 11.3. The van der Waals surface area contributed by atoms with Crippen molar-refractivity contribution in [2.75, 3.05) is 11.0 Å². The zero-order valence-corrected chi connectivity index (χ0v) is 15.3. The SMILES string of the molecule is CC1(C)OB(c2cc3ccc(NS(C)(=O)=O)cc3cn2)OC1(C)C. The first kappa shape index (κ1) is 17.2. The van der Waals surface area contributed by atoms with E-state index in [1.165, 1.54) is 0 Å². The van der Waals surface area contributed by atoms with Crippen molar-refractivity contribution in [1.82, 2.24) is 4.98 Å². The van der Waals surface area contributed by atoms with E-state index in [2.05, 4.69) is 9.71 Å². The van der Waals surface area contributed by atoms with Gasteiger partial charge in [-0.25, -0.2) is 8.42 Å². The molecular weight excluding hydrogens is 327 g/mol. The molecule has 1 aliphatic heterocycles. The third-order valence-corrected chi connectivity index (χ3v) is 5.15. The molecule has 128 valence electrons. The Hall–Kier alpha value is -1.64. The van der Waals surface area contributed by atoms with Gasteiger partial charge in [0.2, 0.25) is 10.0 Å². The summed E-state index contributed by atoms with van der Waals surface area (Å²) in [7, 11) is -3.82. The summed E-state index contributed by atoms with van der Waals surface area (Å²) in [6, 6.07) is 7.22. The molecule has 24 heavy (non-hydrogen) atoms. The average molecular weight is 348 g/mol. The quantitative estimate of drug-likeness (QED) is 0.858. The number of sulfonamides is 1. The Morgan fingerprint density at radius 3 is 2.25 bits per heavy atom. The number of fused-ring (bicyclic) bond motifs is 1. The molecule has 1 fully saturated rings. The summed E-state index contributed by atoms with van der Waals surface area (Å²) in [5.41, 5.74) is 0.370. The molecule has 0 spiro atoms. The Balaban J connectivity index is 1.92. The monoisotopic (exact) mass is 348 g/mol. The smallest absolute Gasteiger partial charge is 0.398 e. The van der Waals surface area contributed by atoms with E-state index in [1.54, 1.807) is 18.3 Å². The maximum absolute atomic E-state index is 11.3. The Labute approximate surface area is 142 Å². The van der Waals surface area contributed by atoms with Crippen molar-refractivity contribution >= 4 is 39.2 Å². The van der Waals surface area contributed by atoms with Crippen molar-refractivity contribution in [1.29, 1.82) is 0 Å². The standard InChI is InChI=1S/C16H21BN2O4S/c1-15(2)16(3,4)23-17(22-15)14-9-11-6-7-13(19-24(5,20)21)8-12(11)10-18-14/h6-10,19H,1-5H3. The lowest BCUT2D eigenvalue weighted by atomic mass is 9.83. The van der Waals surface area contributed by atoms with E-state index >= 15 is 0 Å². The summed E-state index contributed by atoms with van der Waals surface area (Å²) in [6.07, 6.45) is 2.82. The number of hydrogen-bond acceptors (Lipinski definition) is 5. The first-order chi connectivity index (χ1) is 11.0. The summed E-state index contributed by atoms with van der Waals surface area (Å²) in [4.78, 5) is 4.43. The van der Waals surface area contributed by atoms with E-state index in [0.29, 0.717) is 11.3 Å². The molecule has 1 aromatic heterocycles. The fourth-order valence-electron chi connectivity index (χ4n) is 2.53. The van der Waals surface area contributed by atoms with Crippen molar-refractivity contribution in [2.24, 2.45) is 0 Å². The number of anilines is 1. The molecule has 0 bridgehead atoms. The van der Waals surface area contributed by atoms with Crippen molar-refractivity contribution < 1.29 is 17.7 Å². The second-order valence-electron chi connectivity index (χ2n) is 7.13. The number of nitrogens with zero attached hydrogens (tertiary/aromatic N) is 1. The minimum Gasteiger partial charge on any atom is -0.398 e. The third-order valence-electron chi connectivity index (χ3n) is 4.54. The van der Waals surface area contributed by atoms with Gasteiger partial charge in [0.1, 0.15) is 0 Å². The molecule has 0 radical (unpaired) electrons. The van der Waals surface area contributed by atoms with E-state index in [1.807, 2.05) is 39.8 Å². The molecule has 1 aromatic carbocycles. The number of aromatic nitrogens is 1. The van der Waals surface area contributed by atoms with Crippen LogP contribution in [0.4, 0.5) is 5.69 Å². The van der Waals surface area contributed by atoms with Crippen molar-refractivity contribution in [2.45, 2.75) is 38.9 Å². The lowest BCUT2D eigenvalue weighted by Gasteiger charge is -2.32. The summed E-state index contributed by atoms with van der Waals surface area (Å²) in [5.74, 6) is 0. The zero-order valence-electron chi connectivity index (χ0n) is 14.5. The van der Waals surface area contributed by atoms with Crippen LogP contribution in [0.2, 0.25) is 0 Å². The highest BCUT2D eigenvalue weighted by Crippen LogP contribution is 2.36. The van der Waals surface area contributed by atoms with Crippen LogP contribution in [0, 0.1) is 0 Å². The molecule has 0 aliphatic carbocycles. The van der Waals surface area contributed by atoms with Gasteiger partial charge in [0, 0.05) is 17.3 Å². The predicted molar refractivity (Wildman–Crippen MR) is 95.9 cm³/mol. The topological polar surface area (TPSA) is 77.5 Å². The number of nitrogens with one attached hydrogen (secondary N) is 1. The number of rotatable bonds is 3. The Kier molecular flexibility index (Phi) is 3.90. The average Bonchev–Trinajstić information content (AvgIpc) is 2.65. The van der Waals surface area contributed by atoms with E-state index in [9.17, 15) is 8.42 Å². The minimum absolute atomic E-state index is 0.419. The van der Waals surface area contributed by atoms with Crippen LogP contribution in [0.1, 0.15) is 27.7 Å². The number of hydrogen-bond donors (Lipinski definition) is 1. The Morgan fingerprint density at radius 1 is 1.04 bits per heavy atom. The fraction of sp³-hybridized carbons (Fsp3) is 0.438. The van der Waals surface area contributed by atoms with Crippen LogP contribution in [-0.4, -0.2) is 38.0 Å². The highest BCUT2D eigenvalue weighted by atomic mass is 32.2. The number of pyridine rings is 1. The minimum atomic E-state index is -3.30. The van der Waals surface area contributed by atoms with Gasteiger partial charge in [0.15, 0.2) is 0 Å². The van der Waals surface area contributed by atoms with Crippen molar-refractivity contribution in [3.05, 3.63) is 30.5 Å². The molecule has 6 nitrogen and oxygen atoms in total. The normalized spacial score (nSPS) is 19.6. The molecular formula is C16H21BN2O4S. The Bertz CT molecular complexity index is 880. The first-order valence-corrected chi connectivity index (χ1v) is 9.59. The molecule has 0 atom stereocenters. The molecule has 0 amide bonds. The van der Waals surface area contributed by atoms with Crippen molar-refractivity contribution in [3.8, 4) is 0 Å². The van der Waals surface area contributed by atoms with E-state index < -0.39 is 28.3 Å². The molecule has 3 rings (SSSR count). The lowest BCUT2D eigenvalue weighted by Crippen LogP contribution is -2.41. The molecule has 2 heterocycles. The van der Waals surface area contributed by atoms with E-state index in [0.717, 1.165) is 17.0 Å². The summed E-state index contributed by atoms with van der Waals surface area (Å²) < 4.78 is 37.1. The molecule has 0 saturated carbocycles. The molecule has 1 N–H and O–H groups in total. The first-order valence-electron chi connectivity index (χ1n) is 7.70. The lowest BCUT2D eigenvalue weighted by molar-refractivity contribution is 0.00578. The van der Waals surface area contributed by atoms with Gasteiger partial charge in [0.05, 0.1) is 23.1 Å². The second-order valence-corrected chi connectivity index (χ2v) is 8.88. The second kappa shape index (κ2) is 5.44. The molecule has 0 unspecified atom stereocenters. The zero-order chi connectivity index (χ0) is 17.8. The van der Waals surface area contributed by atoms with Gasteiger partial charge >= 0.3 is 7.12 Å².